The monoisotopic (exact) mass is 413 g/mol. The molecule has 1 N–H and O–H groups in total. The van der Waals surface area contributed by atoms with Gasteiger partial charge in [0.15, 0.2) is 11.5 Å². The Hall–Kier alpha value is -2.19. The van der Waals surface area contributed by atoms with Gasteiger partial charge in [-0.25, -0.2) is 0 Å². The molecule has 0 unspecified atom stereocenters. The molecule has 0 spiro atoms. The SMILES string of the molecule is CCOc1cc(/C=C2/SC(=O)N(CC(=O)OC(C)(C)C)C2=O)cc(Cl)c1O. The minimum atomic E-state index is -0.715. The third-order valence-corrected chi connectivity index (χ3v) is 4.42. The van der Waals surface area contributed by atoms with Gasteiger partial charge in [-0.1, -0.05) is 11.6 Å². The average Bonchev–Trinajstić information content (AvgIpc) is 2.78. The number of thioether (sulfide) groups is 1. The molecule has 7 nitrogen and oxygen atoms in total. The van der Waals surface area contributed by atoms with Gasteiger partial charge in [0.1, 0.15) is 12.1 Å². The van der Waals surface area contributed by atoms with E-state index in [2.05, 4.69) is 0 Å². The van der Waals surface area contributed by atoms with Crippen LogP contribution in [0.25, 0.3) is 6.08 Å². The highest BCUT2D eigenvalue weighted by Crippen LogP contribution is 2.38. The van der Waals surface area contributed by atoms with E-state index >= 15 is 0 Å². The Morgan fingerprint density at radius 1 is 1.33 bits per heavy atom. The Bertz CT molecular complexity index is 815. The van der Waals surface area contributed by atoms with Gasteiger partial charge in [0.2, 0.25) is 0 Å². The molecule has 1 aliphatic rings. The van der Waals surface area contributed by atoms with E-state index < -0.39 is 29.3 Å². The molecule has 9 heteroatoms. The zero-order valence-electron chi connectivity index (χ0n) is 15.4. The van der Waals surface area contributed by atoms with Crippen molar-refractivity contribution in [3.05, 3.63) is 27.6 Å². The number of esters is 1. The summed E-state index contributed by atoms with van der Waals surface area (Å²) in [6.45, 7) is 6.71. The molecule has 0 aromatic heterocycles. The topological polar surface area (TPSA) is 93.1 Å². The zero-order valence-corrected chi connectivity index (χ0v) is 16.9. The van der Waals surface area contributed by atoms with Crippen LogP contribution in [0.5, 0.6) is 11.5 Å². The van der Waals surface area contributed by atoms with Crippen LogP contribution in [0.3, 0.4) is 0 Å². The van der Waals surface area contributed by atoms with Gasteiger partial charge in [-0.3, -0.25) is 19.3 Å². The second-order valence-electron chi connectivity index (χ2n) is 6.64. The van der Waals surface area contributed by atoms with Crippen molar-refractivity contribution in [3.8, 4) is 11.5 Å². The van der Waals surface area contributed by atoms with E-state index in [9.17, 15) is 19.5 Å². The zero-order chi connectivity index (χ0) is 20.4. The Morgan fingerprint density at radius 2 is 2.00 bits per heavy atom. The van der Waals surface area contributed by atoms with Gasteiger partial charge in [-0.05, 0) is 63.2 Å². The number of amides is 2. The number of carbonyl (C=O) groups excluding carboxylic acids is 3. The maximum absolute atomic E-state index is 12.5. The van der Waals surface area contributed by atoms with Crippen LogP contribution in [0.15, 0.2) is 17.0 Å². The number of phenols is 1. The highest BCUT2D eigenvalue weighted by Gasteiger charge is 2.37. The third kappa shape index (κ3) is 5.40. The Labute approximate surface area is 166 Å². The molecule has 1 aromatic carbocycles. The minimum Gasteiger partial charge on any atom is -0.503 e. The number of phenolic OH excluding ortho intramolecular Hbond substituents is 1. The van der Waals surface area contributed by atoms with Crippen molar-refractivity contribution in [2.75, 3.05) is 13.2 Å². The van der Waals surface area contributed by atoms with Crippen LogP contribution in [0, 0.1) is 0 Å². The molecule has 0 atom stereocenters. The molecule has 2 amide bonds. The molecule has 0 radical (unpaired) electrons. The smallest absolute Gasteiger partial charge is 0.326 e. The summed E-state index contributed by atoms with van der Waals surface area (Å²) in [5.41, 5.74) is -0.239. The second-order valence-corrected chi connectivity index (χ2v) is 8.04. The van der Waals surface area contributed by atoms with Crippen molar-refractivity contribution in [3.63, 3.8) is 0 Å². The maximum atomic E-state index is 12.5. The summed E-state index contributed by atoms with van der Waals surface area (Å²) < 4.78 is 10.4. The van der Waals surface area contributed by atoms with E-state index in [1.807, 2.05) is 0 Å². The predicted octanol–water partition coefficient (Wildman–Crippen LogP) is 3.82. The molecular weight excluding hydrogens is 394 g/mol. The van der Waals surface area contributed by atoms with Gasteiger partial charge in [0, 0.05) is 0 Å². The minimum absolute atomic E-state index is 0.0557. The molecule has 0 saturated carbocycles. The first kappa shape index (κ1) is 21.1. The molecule has 1 heterocycles. The largest absolute Gasteiger partial charge is 0.503 e. The number of halogens is 1. The molecule has 0 bridgehead atoms. The fourth-order valence-electron chi connectivity index (χ4n) is 2.23. The van der Waals surface area contributed by atoms with E-state index in [0.717, 1.165) is 4.90 Å². The van der Waals surface area contributed by atoms with Gasteiger partial charge in [0.25, 0.3) is 11.1 Å². The summed E-state index contributed by atoms with van der Waals surface area (Å²) in [6, 6.07) is 2.95. The number of nitrogens with zero attached hydrogens (tertiary/aromatic N) is 1. The number of hydrogen-bond acceptors (Lipinski definition) is 7. The Balaban J connectivity index is 2.22. The first-order valence-electron chi connectivity index (χ1n) is 8.14. The Morgan fingerprint density at radius 3 is 2.59 bits per heavy atom. The van der Waals surface area contributed by atoms with Crippen molar-refractivity contribution in [1.82, 2.24) is 4.90 Å². The van der Waals surface area contributed by atoms with Crippen molar-refractivity contribution in [2.45, 2.75) is 33.3 Å². The molecule has 27 heavy (non-hydrogen) atoms. The normalized spacial score (nSPS) is 16.2. The lowest BCUT2D eigenvalue weighted by Gasteiger charge is -2.21. The first-order valence-corrected chi connectivity index (χ1v) is 9.33. The number of aromatic hydroxyl groups is 1. The van der Waals surface area contributed by atoms with E-state index in [1.54, 1.807) is 27.7 Å². The molecule has 1 aliphatic heterocycles. The predicted molar refractivity (Wildman–Crippen MR) is 103 cm³/mol. The van der Waals surface area contributed by atoms with Gasteiger partial charge in [-0.15, -0.1) is 0 Å². The number of carbonyl (C=O) groups is 3. The summed E-state index contributed by atoms with van der Waals surface area (Å²) in [7, 11) is 0. The summed E-state index contributed by atoms with van der Waals surface area (Å²) in [5, 5.41) is 9.37. The second kappa shape index (κ2) is 8.22. The van der Waals surface area contributed by atoms with Crippen LogP contribution in [0.1, 0.15) is 33.3 Å². The molecule has 1 fully saturated rings. The van der Waals surface area contributed by atoms with Crippen molar-refractivity contribution >= 4 is 46.6 Å². The molecule has 1 aromatic rings. The molecule has 1 saturated heterocycles. The number of rotatable bonds is 5. The van der Waals surface area contributed by atoms with E-state index in [4.69, 9.17) is 21.1 Å². The average molecular weight is 414 g/mol. The molecular formula is C18H20ClNO6S. The van der Waals surface area contributed by atoms with Crippen molar-refractivity contribution < 1.29 is 29.0 Å². The first-order chi connectivity index (χ1) is 12.5. The molecule has 0 aliphatic carbocycles. The third-order valence-electron chi connectivity index (χ3n) is 3.23. The summed E-state index contributed by atoms with van der Waals surface area (Å²) >= 11 is 6.68. The highest BCUT2D eigenvalue weighted by molar-refractivity contribution is 8.18. The lowest BCUT2D eigenvalue weighted by Crippen LogP contribution is -2.37. The Kier molecular flexibility index (Phi) is 6.43. The fourth-order valence-corrected chi connectivity index (χ4v) is 3.29. The maximum Gasteiger partial charge on any atom is 0.326 e. The fraction of sp³-hybridized carbons (Fsp3) is 0.389. The number of benzene rings is 1. The van der Waals surface area contributed by atoms with E-state index in [-0.39, 0.29) is 21.4 Å². The number of hydrogen-bond donors (Lipinski definition) is 1. The summed E-state index contributed by atoms with van der Waals surface area (Å²) in [6.07, 6.45) is 1.45. The molecule has 146 valence electrons. The van der Waals surface area contributed by atoms with Crippen molar-refractivity contribution in [2.24, 2.45) is 0 Å². The van der Waals surface area contributed by atoms with Crippen LogP contribution in [-0.4, -0.2) is 45.9 Å². The van der Waals surface area contributed by atoms with Crippen LogP contribution in [-0.2, 0) is 14.3 Å². The lowest BCUT2D eigenvalue weighted by molar-refractivity contribution is -0.156. The van der Waals surface area contributed by atoms with Crippen molar-refractivity contribution in [1.29, 1.82) is 0 Å². The van der Waals surface area contributed by atoms with Crippen LogP contribution < -0.4 is 4.74 Å². The van der Waals surface area contributed by atoms with E-state index in [0.29, 0.717) is 23.9 Å². The molecule has 2 rings (SSSR count). The van der Waals surface area contributed by atoms with Crippen LogP contribution in [0.2, 0.25) is 5.02 Å². The van der Waals surface area contributed by atoms with Gasteiger partial charge in [-0.2, -0.15) is 0 Å². The van der Waals surface area contributed by atoms with Crippen LogP contribution >= 0.6 is 23.4 Å². The van der Waals surface area contributed by atoms with Gasteiger partial charge in [0.05, 0.1) is 16.5 Å². The lowest BCUT2D eigenvalue weighted by atomic mass is 10.2. The standard InChI is InChI=1S/C18H20ClNO6S/c1-5-25-12-7-10(6-11(19)15(12)22)8-13-16(23)20(17(24)27-13)9-14(21)26-18(2,3)4/h6-8,22H,5,9H2,1-4H3/b13-8+. The van der Waals surface area contributed by atoms with Gasteiger partial charge >= 0.3 is 5.97 Å². The quantitative estimate of drug-likeness (QED) is 0.579. The van der Waals surface area contributed by atoms with Crippen LogP contribution in [0.4, 0.5) is 4.79 Å². The summed E-state index contributed by atoms with van der Waals surface area (Å²) in [5.74, 6) is -1.30. The number of ether oxygens (including phenoxy) is 2. The van der Waals surface area contributed by atoms with E-state index in [1.165, 1.54) is 18.2 Å². The highest BCUT2D eigenvalue weighted by atomic mass is 35.5. The summed E-state index contributed by atoms with van der Waals surface area (Å²) in [4.78, 5) is 37.5. The van der Waals surface area contributed by atoms with Gasteiger partial charge < -0.3 is 14.6 Å². The number of imide groups is 1.